The van der Waals surface area contributed by atoms with Crippen LogP contribution in [-0.4, -0.2) is 77.3 Å². The van der Waals surface area contributed by atoms with Gasteiger partial charge in [0.2, 0.25) is 0 Å². The first-order valence-electron chi connectivity index (χ1n) is 22.2. The van der Waals surface area contributed by atoms with Crippen LogP contribution in [0, 0.1) is 17.3 Å². The molecule has 4 aromatic carbocycles. The molecule has 2 saturated carbocycles. The molecule has 0 radical (unpaired) electrons. The van der Waals surface area contributed by atoms with E-state index in [1.54, 1.807) is 0 Å². The van der Waals surface area contributed by atoms with Crippen molar-refractivity contribution >= 4 is 0 Å². The van der Waals surface area contributed by atoms with E-state index in [0.717, 1.165) is 75.1 Å². The maximum absolute atomic E-state index is 6.06. The Bertz CT molecular complexity index is 1710. The molecule has 6 fully saturated rings. The van der Waals surface area contributed by atoms with Gasteiger partial charge in [0.15, 0.2) is 0 Å². The fourth-order valence-electron chi connectivity index (χ4n) is 10.4. The van der Waals surface area contributed by atoms with Crippen molar-refractivity contribution in [3.63, 3.8) is 0 Å². The number of hydrogen-bond donors (Lipinski definition) is 0. The lowest BCUT2D eigenvalue weighted by atomic mass is 9.53. The van der Waals surface area contributed by atoms with Gasteiger partial charge in [0.05, 0.1) is 26.4 Å². The van der Waals surface area contributed by atoms with E-state index in [1.807, 2.05) is 0 Å². The van der Waals surface area contributed by atoms with Gasteiger partial charge >= 0.3 is 0 Å². The van der Waals surface area contributed by atoms with Crippen LogP contribution in [0.4, 0.5) is 0 Å². The first kappa shape index (κ1) is 39.1. The van der Waals surface area contributed by atoms with Crippen molar-refractivity contribution in [3.8, 4) is 23.0 Å². The molecule has 8 heteroatoms. The van der Waals surface area contributed by atoms with Gasteiger partial charge in [-0.25, -0.2) is 0 Å². The van der Waals surface area contributed by atoms with E-state index in [2.05, 4.69) is 111 Å². The molecule has 8 nitrogen and oxygen atoms in total. The molecular formula is C51H60O8. The number of hydrogen-bond acceptors (Lipinski definition) is 8. The van der Waals surface area contributed by atoms with Crippen molar-refractivity contribution in [1.82, 2.24) is 0 Å². The Hall–Kier alpha value is -4.08. The second kappa shape index (κ2) is 16.4. The van der Waals surface area contributed by atoms with Crippen LogP contribution in [0.25, 0.3) is 0 Å². The van der Waals surface area contributed by atoms with E-state index in [0.29, 0.717) is 38.3 Å². The zero-order valence-electron chi connectivity index (χ0n) is 34.8. The first-order chi connectivity index (χ1) is 28.8. The Kier molecular flexibility index (Phi) is 10.9. The fraction of sp³-hybridized carbons (Fsp3) is 0.529. The Morgan fingerprint density at radius 3 is 0.831 bits per heavy atom. The fourth-order valence-corrected chi connectivity index (χ4v) is 10.4. The van der Waals surface area contributed by atoms with Crippen LogP contribution in [0.5, 0.6) is 23.0 Å². The third kappa shape index (κ3) is 8.88. The molecule has 4 unspecified atom stereocenters. The van der Waals surface area contributed by atoms with E-state index >= 15 is 0 Å². The molecule has 59 heavy (non-hydrogen) atoms. The largest absolute Gasteiger partial charge is 0.491 e. The van der Waals surface area contributed by atoms with Crippen LogP contribution in [0.2, 0.25) is 0 Å². The van der Waals surface area contributed by atoms with Crippen LogP contribution in [-0.2, 0) is 29.8 Å². The maximum atomic E-state index is 6.06. The van der Waals surface area contributed by atoms with Crippen molar-refractivity contribution < 1.29 is 37.9 Å². The van der Waals surface area contributed by atoms with E-state index in [-0.39, 0.29) is 40.7 Å². The minimum Gasteiger partial charge on any atom is -0.491 e. The SMILES string of the molecule is CC(C)(C1CCC(c2ccc(OCC3CO3)cc2)(c2ccc(OCC3CO3)cc2)CC1)C1CCC(c2ccc(OCC3CO3)cc2)(c2ccc(OCC3CO3)cc2)CC1. The third-order valence-corrected chi connectivity index (χ3v) is 14.8. The molecule has 4 atom stereocenters. The van der Waals surface area contributed by atoms with Crippen LogP contribution >= 0.6 is 0 Å². The highest BCUT2D eigenvalue weighted by Gasteiger charge is 2.48. The van der Waals surface area contributed by atoms with Gasteiger partial charge in [-0.3, -0.25) is 0 Å². The molecule has 0 N–H and O–H groups in total. The molecule has 0 bridgehead atoms. The van der Waals surface area contributed by atoms with E-state index in [1.165, 1.54) is 47.9 Å². The number of rotatable bonds is 18. The normalized spacial score (nSPS) is 30.9. The lowest BCUT2D eigenvalue weighted by molar-refractivity contribution is 0.0364. The number of benzene rings is 4. The predicted molar refractivity (Wildman–Crippen MR) is 226 cm³/mol. The zero-order chi connectivity index (χ0) is 39.9. The highest BCUT2D eigenvalue weighted by atomic mass is 16.6. The minimum atomic E-state index is -0.0618. The average molecular weight is 801 g/mol. The average Bonchev–Trinajstić information content (AvgIpc) is 4.07. The van der Waals surface area contributed by atoms with Gasteiger partial charge in [0.1, 0.15) is 73.8 Å². The van der Waals surface area contributed by atoms with Gasteiger partial charge in [-0.05, 0) is 139 Å². The van der Waals surface area contributed by atoms with Crippen LogP contribution in [0.3, 0.4) is 0 Å². The number of ether oxygens (including phenoxy) is 8. The molecule has 4 aliphatic heterocycles. The van der Waals surface area contributed by atoms with Crippen molar-refractivity contribution in [2.24, 2.45) is 17.3 Å². The quantitative estimate of drug-likeness (QED) is 0.0921. The van der Waals surface area contributed by atoms with E-state index in [9.17, 15) is 0 Å². The minimum absolute atomic E-state index is 0.0618. The summed E-state index contributed by atoms with van der Waals surface area (Å²) in [6.45, 7) is 10.8. The third-order valence-electron chi connectivity index (χ3n) is 14.8. The summed E-state index contributed by atoms with van der Waals surface area (Å²) in [5.41, 5.74) is 5.60. The van der Waals surface area contributed by atoms with E-state index in [4.69, 9.17) is 37.9 Å². The van der Waals surface area contributed by atoms with Crippen molar-refractivity contribution in [1.29, 1.82) is 0 Å². The van der Waals surface area contributed by atoms with Gasteiger partial charge in [0, 0.05) is 10.8 Å². The van der Waals surface area contributed by atoms with Crippen molar-refractivity contribution in [3.05, 3.63) is 119 Å². The summed E-state index contributed by atoms with van der Waals surface area (Å²) in [5, 5.41) is 0. The Morgan fingerprint density at radius 2 is 0.627 bits per heavy atom. The molecular weight excluding hydrogens is 741 g/mol. The molecule has 4 saturated heterocycles. The Balaban J connectivity index is 0.851. The Labute approximate surface area is 349 Å². The van der Waals surface area contributed by atoms with Gasteiger partial charge in [0.25, 0.3) is 0 Å². The highest BCUT2D eigenvalue weighted by molar-refractivity contribution is 5.46. The van der Waals surface area contributed by atoms with Crippen LogP contribution in [0.15, 0.2) is 97.1 Å². The highest BCUT2D eigenvalue weighted by Crippen LogP contribution is 2.57. The molecule has 2 aliphatic carbocycles. The summed E-state index contributed by atoms with van der Waals surface area (Å²) in [7, 11) is 0. The summed E-state index contributed by atoms with van der Waals surface area (Å²) in [5.74, 6) is 4.94. The standard InChI is InChI=1S/C51H60O8/c1-49(2,35-19-23-50(24-20-35,37-3-11-41(12-4-37)52-27-45-31-56-45)38-5-13-42(14-6-38)53-28-46-32-57-46)36-21-25-51(26-22-36,39-7-15-43(16-8-39)54-29-47-33-58-47)40-9-17-44(18-10-40)55-30-48-34-59-48/h3-18,35-36,45-48H,19-34H2,1-2H3. The smallest absolute Gasteiger partial charge is 0.119 e. The monoisotopic (exact) mass is 800 g/mol. The summed E-state index contributed by atoms with van der Waals surface area (Å²) in [6, 6.07) is 35.7. The molecule has 4 aromatic rings. The van der Waals surface area contributed by atoms with E-state index < -0.39 is 0 Å². The topological polar surface area (TPSA) is 87.0 Å². The zero-order valence-corrected chi connectivity index (χ0v) is 34.8. The summed E-state index contributed by atoms with van der Waals surface area (Å²) < 4.78 is 45.7. The van der Waals surface area contributed by atoms with Crippen LogP contribution < -0.4 is 18.9 Å². The summed E-state index contributed by atoms with van der Waals surface area (Å²) in [6.07, 6.45) is 10.2. The van der Waals surface area contributed by atoms with Crippen molar-refractivity contribution in [2.45, 2.75) is 100 Å². The molecule has 0 amide bonds. The molecule has 0 aromatic heterocycles. The second-order valence-corrected chi connectivity index (χ2v) is 18.7. The lowest BCUT2D eigenvalue weighted by Crippen LogP contribution is -2.43. The second-order valence-electron chi connectivity index (χ2n) is 18.7. The molecule has 0 spiro atoms. The van der Waals surface area contributed by atoms with Gasteiger partial charge in [-0.2, -0.15) is 0 Å². The first-order valence-corrected chi connectivity index (χ1v) is 22.2. The lowest BCUT2D eigenvalue weighted by Gasteiger charge is -2.51. The molecule has 10 rings (SSSR count). The predicted octanol–water partition coefficient (Wildman–Crippen LogP) is 9.48. The van der Waals surface area contributed by atoms with Gasteiger partial charge in [-0.15, -0.1) is 0 Å². The number of epoxide rings is 4. The van der Waals surface area contributed by atoms with Gasteiger partial charge in [-0.1, -0.05) is 62.4 Å². The summed E-state index contributed by atoms with van der Waals surface area (Å²) >= 11 is 0. The Morgan fingerprint density at radius 1 is 0.407 bits per heavy atom. The maximum Gasteiger partial charge on any atom is 0.119 e. The van der Waals surface area contributed by atoms with Gasteiger partial charge < -0.3 is 37.9 Å². The van der Waals surface area contributed by atoms with Crippen LogP contribution in [0.1, 0.15) is 87.5 Å². The summed E-state index contributed by atoms with van der Waals surface area (Å²) in [4.78, 5) is 0. The molecule has 312 valence electrons. The van der Waals surface area contributed by atoms with Crippen molar-refractivity contribution in [2.75, 3.05) is 52.9 Å². The molecule has 6 aliphatic rings. The molecule has 4 heterocycles.